The largest absolute Gasteiger partial charge is 0.383 e. The van der Waals surface area contributed by atoms with Crippen LogP contribution < -0.4 is 15.4 Å². The summed E-state index contributed by atoms with van der Waals surface area (Å²) >= 11 is 1.75. The first-order valence-electron chi connectivity index (χ1n) is 11.0. The van der Waals surface area contributed by atoms with Crippen LogP contribution in [0.5, 0.6) is 0 Å². The molecule has 1 fully saturated rings. The van der Waals surface area contributed by atoms with Crippen LogP contribution in [-0.4, -0.2) is 56.9 Å². The number of allylic oxidation sites excluding steroid dienone is 2. The Morgan fingerprint density at radius 3 is 3.10 bits per heavy atom. The highest BCUT2D eigenvalue weighted by Crippen LogP contribution is 2.26. The number of hydrogen-bond acceptors (Lipinski definition) is 6. The normalized spacial score (nSPS) is 22.4. The molecule has 1 saturated heterocycles. The van der Waals surface area contributed by atoms with Gasteiger partial charge in [0.15, 0.2) is 0 Å². The minimum atomic E-state index is 0.457. The van der Waals surface area contributed by atoms with Gasteiger partial charge in [0.2, 0.25) is 0 Å². The summed E-state index contributed by atoms with van der Waals surface area (Å²) in [6, 6.07) is 9.35. The first-order valence-corrected chi connectivity index (χ1v) is 11.9. The lowest BCUT2D eigenvalue weighted by Gasteiger charge is -2.31. The molecule has 0 aromatic heterocycles. The second-order valence-corrected chi connectivity index (χ2v) is 8.96. The molecule has 0 radical (unpaired) electrons. The van der Waals surface area contributed by atoms with Crippen molar-refractivity contribution in [1.29, 1.82) is 0 Å². The van der Waals surface area contributed by atoms with Crippen LogP contribution in [0.15, 0.2) is 52.6 Å². The molecule has 6 heteroatoms. The zero-order valence-electron chi connectivity index (χ0n) is 17.3. The molecule has 1 atom stereocenters. The molecular weight excluding hydrogens is 380 g/mol. The number of nitrogens with one attached hydrogen (secondary N) is 3. The molecule has 158 valence electrons. The van der Waals surface area contributed by atoms with Gasteiger partial charge < -0.3 is 15.4 Å². The highest BCUT2D eigenvalue weighted by molar-refractivity contribution is 7.97. The highest BCUT2D eigenvalue weighted by atomic mass is 32.2. The average molecular weight is 415 g/mol. The van der Waals surface area contributed by atoms with Gasteiger partial charge in [-0.25, -0.2) is 0 Å². The van der Waals surface area contributed by atoms with Crippen LogP contribution >= 0.6 is 11.9 Å². The van der Waals surface area contributed by atoms with Crippen LogP contribution in [0.3, 0.4) is 0 Å². The molecule has 1 aromatic carbocycles. The second kappa shape index (κ2) is 11.2. The fraction of sp³-hybridized carbons (Fsp3) is 0.565. The van der Waals surface area contributed by atoms with E-state index in [4.69, 9.17) is 4.74 Å². The Kier molecular flexibility index (Phi) is 8.08. The maximum atomic E-state index is 5.41. The van der Waals surface area contributed by atoms with Crippen molar-refractivity contribution in [3.05, 3.63) is 53.3 Å². The van der Waals surface area contributed by atoms with E-state index in [-0.39, 0.29) is 0 Å². The quantitative estimate of drug-likeness (QED) is 0.427. The predicted molar refractivity (Wildman–Crippen MR) is 121 cm³/mol. The molecule has 1 aromatic rings. The Hall–Kier alpha value is -1.31. The van der Waals surface area contributed by atoms with E-state index in [0.717, 1.165) is 52.5 Å². The van der Waals surface area contributed by atoms with Gasteiger partial charge in [-0.15, -0.1) is 0 Å². The molecule has 1 aliphatic carbocycles. The van der Waals surface area contributed by atoms with Crippen molar-refractivity contribution in [3.63, 3.8) is 0 Å². The van der Waals surface area contributed by atoms with Crippen molar-refractivity contribution in [2.45, 2.75) is 43.2 Å². The summed E-state index contributed by atoms with van der Waals surface area (Å²) in [6.07, 6.45) is 9.41. The van der Waals surface area contributed by atoms with Gasteiger partial charge in [-0.05, 0) is 67.4 Å². The molecule has 3 N–H and O–H groups in total. The fourth-order valence-corrected chi connectivity index (χ4v) is 5.05. The van der Waals surface area contributed by atoms with Gasteiger partial charge in [0.25, 0.3) is 0 Å². The van der Waals surface area contributed by atoms with Gasteiger partial charge in [-0.1, -0.05) is 24.3 Å². The van der Waals surface area contributed by atoms with Crippen molar-refractivity contribution in [1.82, 2.24) is 20.3 Å². The summed E-state index contributed by atoms with van der Waals surface area (Å²) in [5.41, 5.74) is 4.26. The number of benzene rings is 1. The third-order valence-corrected chi connectivity index (χ3v) is 6.70. The van der Waals surface area contributed by atoms with E-state index in [9.17, 15) is 0 Å². The van der Waals surface area contributed by atoms with Crippen molar-refractivity contribution in [3.8, 4) is 0 Å². The second-order valence-electron chi connectivity index (χ2n) is 8.00. The molecular formula is C23H34N4OS. The Balaban J connectivity index is 1.19. The number of rotatable bonds is 9. The van der Waals surface area contributed by atoms with Crippen molar-refractivity contribution >= 4 is 11.9 Å². The van der Waals surface area contributed by atoms with Gasteiger partial charge in [0, 0.05) is 49.4 Å². The number of morpholine rings is 1. The third kappa shape index (κ3) is 6.33. The minimum Gasteiger partial charge on any atom is -0.383 e. The van der Waals surface area contributed by atoms with Crippen molar-refractivity contribution in [2.75, 3.05) is 45.9 Å². The molecule has 2 aliphatic heterocycles. The Morgan fingerprint density at radius 2 is 2.17 bits per heavy atom. The molecule has 0 amide bonds. The van der Waals surface area contributed by atoms with Crippen LogP contribution in [0.2, 0.25) is 0 Å². The van der Waals surface area contributed by atoms with E-state index >= 15 is 0 Å². The molecule has 29 heavy (non-hydrogen) atoms. The lowest BCUT2D eigenvalue weighted by molar-refractivity contribution is 0.0376. The lowest BCUT2D eigenvalue weighted by Crippen LogP contribution is -2.40. The summed E-state index contributed by atoms with van der Waals surface area (Å²) in [7, 11) is 0. The zero-order chi connectivity index (χ0) is 19.7. The first-order chi connectivity index (χ1) is 14.4. The number of hydrogen-bond donors (Lipinski definition) is 3. The van der Waals surface area contributed by atoms with Gasteiger partial charge in [-0.2, -0.15) is 0 Å². The number of ether oxygens (including phenoxy) is 1. The number of dihydropyridines is 1. The monoisotopic (exact) mass is 414 g/mol. The van der Waals surface area contributed by atoms with Crippen molar-refractivity contribution < 1.29 is 4.74 Å². The smallest absolute Gasteiger partial charge is 0.0594 e. The van der Waals surface area contributed by atoms with E-state index in [1.54, 1.807) is 11.9 Å². The van der Waals surface area contributed by atoms with Crippen LogP contribution in [-0.2, 0) is 11.3 Å². The Labute approximate surface area is 179 Å². The van der Waals surface area contributed by atoms with Crippen molar-refractivity contribution in [2.24, 2.45) is 0 Å². The fourth-order valence-electron chi connectivity index (χ4n) is 4.28. The minimum absolute atomic E-state index is 0.457. The van der Waals surface area contributed by atoms with E-state index in [1.807, 2.05) is 0 Å². The molecule has 4 rings (SSSR count). The molecule has 0 saturated carbocycles. The molecule has 5 nitrogen and oxygen atoms in total. The van der Waals surface area contributed by atoms with Gasteiger partial charge >= 0.3 is 0 Å². The number of nitrogens with zero attached hydrogens (tertiary/aromatic N) is 1. The van der Waals surface area contributed by atoms with Gasteiger partial charge in [0.1, 0.15) is 0 Å². The molecule has 1 unspecified atom stereocenters. The van der Waals surface area contributed by atoms with Crippen LogP contribution in [0.25, 0.3) is 0 Å². The summed E-state index contributed by atoms with van der Waals surface area (Å²) in [5.74, 6) is 0. The average Bonchev–Trinajstić information content (AvgIpc) is 2.78. The van der Waals surface area contributed by atoms with Gasteiger partial charge in [0.05, 0.1) is 13.2 Å². The molecule has 0 spiro atoms. The van der Waals surface area contributed by atoms with E-state index in [0.29, 0.717) is 6.04 Å². The SMILES string of the molecule is C1=CC2=C(NC1)C(NCc1cccc(SNCCCN3CCOCC3)c1)CCC2. The maximum Gasteiger partial charge on any atom is 0.0594 e. The summed E-state index contributed by atoms with van der Waals surface area (Å²) in [5, 5.41) is 7.37. The Morgan fingerprint density at radius 1 is 1.24 bits per heavy atom. The summed E-state index contributed by atoms with van der Waals surface area (Å²) in [4.78, 5) is 3.78. The van der Waals surface area contributed by atoms with E-state index in [2.05, 4.69) is 56.7 Å². The van der Waals surface area contributed by atoms with Crippen LogP contribution in [0.1, 0.15) is 31.2 Å². The first kappa shape index (κ1) is 20.9. The predicted octanol–water partition coefficient (Wildman–Crippen LogP) is 3.06. The lowest BCUT2D eigenvalue weighted by atomic mass is 9.90. The van der Waals surface area contributed by atoms with E-state index in [1.165, 1.54) is 47.4 Å². The zero-order valence-corrected chi connectivity index (χ0v) is 18.1. The third-order valence-electron chi connectivity index (χ3n) is 5.86. The topological polar surface area (TPSA) is 48.6 Å². The Bertz CT molecular complexity index is 715. The molecule has 2 heterocycles. The maximum absolute atomic E-state index is 5.41. The van der Waals surface area contributed by atoms with Gasteiger partial charge in [-0.3, -0.25) is 9.62 Å². The summed E-state index contributed by atoms with van der Waals surface area (Å²) in [6.45, 7) is 7.98. The standard InChI is InChI=1S/C23H34N4OS/c1-5-19(18-25-22-9-2-6-20-7-3-10-24-23(20)22)17-21(8-1)29-26-11-4-12-27-13-15-28-16-14-27/h1,3,5,7-8,17,22,24-26H,2,4,6,9-16,18H2. The highest BCUT2D eigenvalue weighted by Gasteiger charge is 2.22. The van der Waals surface area contributed by atoms with Crippen LogP contribution in [0, 0.1) is 0 Å². The summed E-state index contributed by atoms with van der Waals surface area (Å²) < 4.78 is 8.93. The van der Waals surface area contributed by atoms with E-state index < -0.39 is 0 Å². The molecule has 3 aliphatic rings. The molecule has 0 bridgehead atoms. The van der Waals surface area contributed by atoms with Crippen LogP contribution in [0.4, 0.5) is 0 Å².